The lowest BCUT2D eigenvalue weighted by Crippen LogP contribution is -2.40. The summed E-state index contributed by atoms with van der Waals surface area (Å²) < 4.78 is 19.3. The number of oxime groups is 1. The van der Waals surface area contributed by atoms with E-state index in [0.29, 0.717) is 28.4 Å². The van der Waals surface area contributed by atoms with E-state index in [1.807, 2.05) is 0 Å². The van der Waals surface area contributed by atoms with Gasteiger partial charge in [0.2, 0.25) is 5.60 Å². The molecule has 0 saturated carbocycles. The first-order chi connectivity index (χ1) is 12.9. The van der Waals surface area contributed by atoms with Crippen molar-refractivity contribution in [2.45, 2.75) is 18.9 Å². The first kappa shape index (κ1) is 17.0. The molecule has 0 spiro atoms. The Labute approximate surface area is 154 Å². The van der Waals surface area contributed by atoms with E-state index in [9.17, 15) is 14.0 Å². The summed E-state index contributed by atoms with van der Waals surface area (Å²) in [6, 6.07) is 11.1. The molecule has 2 amide bonds. The van der Waals surface area contributed by atoms with Crippen LogP contribution in [0.5, 0.6) is 5.75 Å². The average molecular weight is 369 g/mol. The molecule has 0 aliphatic carbocycles. The summed E-state index contributed by atoms with van der Waals surface area (Å²) in [5, 5.41) is 9.33. The van der Waals surface area contributed by atoms with Crippen LogP contribution in [0.25, 0.3) is 0 Å². The van der Waals surface area contributed by atoms with Gasteiger partial charge in [0.15, 0.2) is 6.61 Å². The molecule has 2 heterocycles. The number of fused-ring (bicyclic) bond motifs is 1. The van der Waals surface area contributed by atoms with Crippen LogP contribution in [-0.4, -0.2) is 29.7 Å². The van der Waals surface area contributed by atoms with Crippen molar-refractivity contribution in [2.24, 2.45) is 5.16 Å². The molecule has 2 aliphatic heterocycles. The molecule has 2 aliphatic rings. The van der Waals surface area contributed by atoms with Crippen molar-refractivity contribution in [1.29, 1.82) is 0 Å². The Morgan fingerprint density at radius 3 is 2.93 bits per heavy atom. The molecule has 2 aromatic rings. The molecule has 2 aromatic carbocycles. The van der Waals surface area contributed by atoms with Crippen molar-refractivity contribution in [2.75, 3.05) is 17.2 Å². The molecular weight excluding hydrogens is 353 g/mol. The summed E-state index contributed by atoms with van der Waals surface area (Å²) in [5.41, 5.74) is 0.453. The van der Waals surface area contributed by atoms with Crippen LogP contribution < -0.4 is 15.4 Å². The Hall–Kier alpha value is -3.42. The van der Waals surface area contributed by atoms with Crippen LogP contribution in [0.3, 0.4) is 0 Å². The van der Waals surface area contributed by atoms with E-state index in [0.717, 1.165) is 0 Å². The zero-order valence-corrected chi connectivity index (χ0v) is 14.4. The monoisotopic (exact) mass is 369 g/mol. The molecule has 1 unspecified atom stereocenters. The zero-order chi connectivity index (χ0) is 19.0. The highest BCUT2D eigenvalue weighted by Gasteiger charge is 2.42. The lowest BCUT2D eigenvalue weighted by atomic mass is 9.95. The molecule has 1 atom stereocenters. The first-order valence-corrected chi connectivity index (χ1v) is 8.33. The van der Waals surface area contributed by atoms with Gasteiger partial charge in [0.25, 0.3) is 11.8 Å². The molecule has 0 saturated heterocycles. The number of benzene rings is 2. The molecule has 27 heavy (non-hydrogen) atoms. The predicted octanol–water partition coefficient (Wildman–Crippen LogP) is 2.68. The fraction of sp³-hybridized carbons (Fsp3) is 0.211. The summed E-state index contributed by atoms with van der Waals surface area (Å²) in [6.45, 7) is 1.51. The Bertz CT molecular complexity index is 975. The lowest BCUT2D eigenvalue weighted by molar-refractivity contribution is -0.135. The van der Waals surface area contributed by atoms with E-state index in [1.165, 1.54) is 6.07 Å². The Kier molecular flexibility index (Phi) is 4.02. The number of carbonyl (C=O) groups is 2. The number of amides is 2. The van der Waals surface area contributed by atoms with E-state index in [-0.39, 0.29) is 18.9 Å². The van der Waals surface area contributed by atoms with Crippen LogP contribution in [0.1, 0.15) is 18.9 Å². The van der Waals surface area contributed by atoms with Gasteiger partial charge in [-0.1, -0.05) is 23.4 Å². The van der Waals surface area contributed by atoms with E-state index < -0.39 is 17.3 Å². The largest absolute Gasteiger partial charge is 0.482 e. The maximum absolute atomic E-state index is 13.9. The van der Waals surface area contributed by atoms with Crippen molar-refractivity contribution in [3.8, 4) is 5.75 Å². The number of rotatable bonds is 3. The third-order valence-corrected chi connectivity index (χ3v) is 4.40. The minimum Gasteiger partial charge on any atom is -0.482 e. The highest BCUT2D eigenvalue weighted by atomic mass is 19.1. The van der Waals surface area contributed by atoms with Crippen molar-refractivity contribution in [1.82, 2.24) is 0 Å². The van der Waals surface area contributed by atoms with Crippen LogP contribution in [0, 0.1) is 5.82 Å². The summed E-state index contributed by atoms with van der Waals surface area (Å²) in [7, 11) is 0. The van der Waals surface area contributed by atoms with Gasteiger partial charge in [0.05, 0.1) is 11.4 Å². The minimum absolute atomic E-state index is 0.0783. The first-order valence-electron chi connectivity index (χ1n) is 8.33. The van der Waals surface area contributed by atoms with E-state index in [4.69, 9.17) is 9.57 Å². The molecule has 4 rings (SSSR count). The van der Waals surface area contributed by atoms with E-state index >= 15 is 0 Å². The van der Waals surface area contributed by atoms with E-state index in [2.05, 4.69) is 15.8 Å². The van der Waals surface area contributed by atoms with E-state index in [1.54, 1.807) is 43.3 Å². The number of anilines is 2. The van der Waals surface area contributed by atoms with Crippen LogP contribution in [0.2, 0.25) is 0 Å². The third-order valence-electron chi connectivity index (χ3n) is 4.40. The van der Waals surface area contributed by atoms with Gasteiger partial charge in [0.1, 0.15) is 11.6 Å². The number of ether oxygens (including phenoxy) is 1. The summed E-state index contributed by atoms with van der Waals surface area (Å²) in [6.07, 6.45) is 0.136. The average Bonchev–Trinajstić information content (AvgIpc) is 3.06. The number of hydrogen-bond acceptors (Lipinski definition) is 5. The number of nitrogens with zero attached hydrogens (tertiary/aromatic N) is 1. The number of halogens is 1. The van der Waals surface area contributed by atoms with Crippen LogP contribution in [0.4, 0.5) is 15.8 Å². The maximum Gasteiger partial charge on any atom is 0.271 e. The number of hydrogen-bond donors (Lipinski definition) is 2. The van der Waals surface area contributed by atoms with Gasteiger partial charge in [0, 0.05) is 23.7 Å². The number of nitrogens with one attached hydrogen (secondary N) is 2. The van der Waals surface area contributed by atoms with Gasteiger partial charge in [-0.2, -0.15) is 0 Å². The van der Waals surface area contributed by atoms with Crippen molar-refractivity contribution >= 4 is 28.9 Å². The highest BCUT2D eigenvalue weighted by Crippen LogP contribution is 2.32. The molecule has 8 heteroatoms. The fourth-order valence-electron chi connectivity index (χ4n) is 2.92. The van der Waals surface area contributed by atoms with Gasteiger partial charge in [-0.25, -0.2) is 4.39 Å². The second-order valence-corrected chi connectivity index (χ2v) is 6.52. The molecule has 7 nitrogen and oxygen atoms in total. The lowest BCUT2D eigenvalue weighted by Gasteiger charge is -2.22. The quantitative estimate of drug-likeness (QED) is 0.871. The molecule has 0 aromatic heterocycles. The standard InChI is InChI=1S/C19H16FN3O4/c1-19(9-15(23-27-19)12-4-2-3-5-13(12)20)18(25)21-11-6-7-14-16(8-11)26-10-17(24)22-14/h2-8H,9-10H2,1H3,(H,21,25)(H,22,24). The van der Waals surface area contributed by atoms with Crippen molar-refractivity contribution < 1.29 is 23.6 Å². The molecular formula is C19H16FN3O4. The topological polar surface area (TPSA) is 89.0 Å². The van der Waals surface area contributed by atoms with Gasteiger partial charge < -0.3 is 20.2 Å². The Balaban J connectivity index is 1.48. The summed E-state index contributed by atoms with van der Waals surface area (Å²) >= 11 is 0. The van der Waals surface area contributed by atoms with Gasteiger partial charge in [-0.05, 0) is 25.1 Å². The Morgan fingerprint density at radius 2 is 2.11 bits per heavy atom. The van der Waals surface area contributed by atoms with Crippen molar-refractivity contribution in [3.05, 3.63) is 53.8 Å². The second-order valence-electron chi connectivity index (χ2n) is 6.52. The second kappa shape index (κ2) is 6.39. The van der Waals surface area contributed by atoms with Crippen LogP contribution in [-0.2, 0) is 14.4 Å². The predicted molar refractivity (Wildman–Crippen MR) is 96.2 cm³/mol. The van der Waals surface area contributed by atoms with Gasteiger partial charge in [-0.3, -0.25) is 9.59 Å². The molecule has 138 valence electrons. The summed E-state index contributed by atoms with van der Waals surface area (Å²) in [5.74, 6) is -0.604. The zero-order valence-electron chi connectivity index (χ0n) is 14.4. The number of carbonyl (C=O) groups excluding carboxylic acids is 2. The Morgan fingerprint density at radius 1 is 1.30 bits per heavy atom. The molecule has 0 fully saturated rings. The third kappa shape index (κ3) is 3.21. The summed E-state index contributed by atoms with van der Waals surface area (Å²) in [4.78, 5) is 29.4. The molecule has 0 bridgehead atoms. The minimum atomic E-state index is -1.26. The smallest absolute Gasteiger partial charge is 0.271 e. The van der Waals surface area contributed by atoms with Crippen LogP contribution in [0.15, 0.2) is 47.6 Å². The van der Waals surface area contributed by atoms with Gasteiger partial charge >= 0.3 is 0 Å². The molecule has 2 N–H and O–H groups in total. The highest BCUT2D eigenvalue weighted by molar-refractivity contribution is 6.08. The van der Waals surface area contributed by atoms with Crippen LogP contribution >= 0.6 is 0 Å². The van der Waals surface area contributed by atoms with Gasteiger partial charge in [-0.15, -0.1) is 0 Å². The van der Waals surface area contributed by atoms with Crippen molar-refractivity contribution in [3.63, 3.8) is 0 Å². The SMILES string of the molecule is CC1(C(=O)Nc2ccc3c(c2)OCC(=O)N3)CC(c2ccccc2F)=NO1. The fourth-order valence-corrected chi connectivity index (χ4v) is 2.92. The normalized spacial score (nSPS) is 20.7. The maximum atomic E-state index is 13.9. The molecule has 0 radical (unpaired) electrons.